The van der Waals surface area contributed by atoms with Gasteiger partial charge in [-0.15, -0.1) is 20.4 Å². The van der Waals surface area contributed by atoms with Crippen LogP contribution in [0.4, 0.5) is 10.1 Å². The summed E-state index contributed by atoms with van der Waals surface area (Å²) in [4.78, 5) is 12.3. The molecular weight excluding hydrogens is 425 g/mol. The molecule has 152 valence electrons. The maximum absolute atomic E-state index is 13.0. The summed E-state index contributed by atoms with van der Waals surface area (Å²) in [7, 11) is 0. The lowest BCUT2D eigenvalue weighted by Gasteiger charge is -2.01. The Bertz CT molecular complexity index is 1190. The van der Waals surface area contributed by atoms with Crippen LogP contribution in [0.1, 0.15) is 25.9 Å². The third kappa shape index (κ3) is 4.71. The first-order chi connectivity index (χ1) is 14.5. The van der Waals surface area contributed by atoms with E-state index in [9.17, 15) is 9.18 Å². The van der Waals surface area contributed by atoms with Gasteiger partial charge >= 0.3 is 0 Å². The number of carbonyl (C=O) groups is 1. The van der Waals surface area contributed by atoms with Crippen molar-refractivity contribution in [2.75, 3.05) is 5.32 Å². The van der Waals surface area contributed by atoms with Gasteiger partial charge in [-0.1, -0.05) is 29.2 Å². The molecule has 0 radical (unpaired) electrons. The number of amides is 1. The average Bonchev–Trinajstić information content (AvgIpc) is 3.40. The van der Waals surface area contributed by atoms with E-state index in [2.05, 4.69) is 25.7 Å². The predicted molar refractivity (Wildman–Crippen MR) is 113 cm³/mol. The summed E-state index contributed by atoms with van der Waals surface area (Å²) < 4.78 is 18.7. The highest BCUT2D eigenvalue weighted by molar-refractivity contribution is 7.98. The minimum atomic E-state index is -0.398. The van der Waals surface area contributed by atoms with Crippen LogP contribution in [0.5, 0.6) is 0 Å². The molecule has 2 heterocycles. The second kappa shape index (κ2) is 8.72. The molecule has 0 saturated carbocycles. The Hall–Kier alpha value is -3.11. The number of aromatic nitrogens is 4. The number of aryl methyl sites for hydroxylation is 2. The summed E-state index contributed by atoms with van der Waals surface area (Å²) in [6.45, 7) is 4.08. The van der Waals surface area contributed by atoms with E-state index >= 15 is 0 Å². The van der Waals surface area contributed by atoms with Crippen LogP contribution >= 0.6 is 23.1 Å². The van der Waals surface area contributed by atoms with Crippen molar-refractivity contribution in [2.45, 2.75) is 24.8 Å². The van der Waals surface area contributed by atoms with Gasteiger partial charge in [0, 0.05) is 11.3 Å². The Labute approximate surface area is 179 Å². The zero-order valence-corrected chi connectivity index (χ0v) is 17.7. The zero-order valence-electron chi connectivity index (χ0n) is 16.0. The molecule has 1 amide bonds. The fraction of sp³-hybridized carbons (Fsp3) is 0.150. The Balaban J connectivity index is 1.36. The Morgan fingerprint density at radius 1 is 1.07 bits per heavy atom. The van der Waals surface area contributed by atoms with E-state index in [0.29, 0.717) is 27.6 Å². The first-order valence-corrected chi connectivity index (χ1v) is 10.7. The molecule has 0 unspecified atom stereocenters. The predicted octanol–water partition coefficient (Wildman–Crippen LogP) is 4.89. The van der Waals surface area contributed by atoms with Gasteiger partial charge in [-0.25, -0.2) is 4.39 Å². The molecule has 0 aliphatic rings. The standard InChI is InChI=1S/C20H16FN5O2S2/c1-11-3-4-13(9-12(11)2)18-24-26-20(28-18)29-10-16-23-25-19(30-16)17(27)22-15-7-5-14(21)6-8-15/h3-9H,10H2,1-2H3,(H,22,27). The molecule has 10 heteroatoms. The van der Waals surface area contributed by atoms with Crippen LogP contribution < -0.4 is 5.32 Å². The van der Waals surface area contributed by atoms with Crippen molar-refractivity contribution >= 4 is 34.7 Å². The van der Waals surface area contributed by atoms with Gasteiger partial charge in [0.05, 0.1) is 5.75 Å². The molecule has 0 saturated heterocycles. The number of halogens is 1. The lowest BCUT2D eigenvalue weighted by Crippen LogP contribution is -2.11. The monoisotopic (exact) mass is 441 g/mol. The van der Waals surface area contributed by atoms with E-state index in [0.717, 1.165) is 11.1 Å². The Morgan fingerprint density at radius 2 is 1.87 bits per heavy atom. The van der Waals surface area contributed by atoms with Crippen molar-refractivity contribution in [2.24, 2.45) is 0 Å². The molecule has 0 spiro atoms. The summed E-state index contributed by atoms with van der Waals surface area (Å²) >= 11 is 2.49. The lowest BCUT2D eigenvalue weighted by molar-refractivity contribution is 0.102. The first kappa shape index (κ1) is 20.2. The molecule has 0 atom stereocenters. The maximum atomic E-state index is 13.0. The molecule has 4 aromatic rings. The van der Waals surface area contributed by atoms with Crippen molar-refractivity contribution in [3.63, 3.8) is 0 Å². The largest absolute Gasteiger partial charge is 0.411 e. The molecule has 4 rings (SSSR count). The van der Waals surface area contributed by atoms with E-state index in [1.54, 1.807) is 0 Å². The molecule has 2 aromatic heterocycles. The van der Waals surface area contributed by atoms with Crippen LogP contribution in [-0.4, -0.2) is 26.3 Å². The van der Waals surface area contributed by atoms with Gasteiger partial charge in [0.25, 0.3) is 11.1 Å². The van der Waals surface area contributed by atoms with Gasteiger partial charge in [0.1, 0.15) is 10.8 Å². The Kier molecular flexibility index (Phi) is 5.86. The van der Waals surface area contributed by atoms with Crippen LogP contribution in [-0.2, 0) is 5.75 Å². The molecule has 7 nitrogen and oxygen atoms in total. The average molecular weight is 442 g/mol. The second-order valence-electron chi connectivity index (χ2n) is 6.42. The van der Waals surface area contributed by atoms with Gasteiger partial charge in [-0.3, -0.25) is 4.79 Å². The van der Waals surface area contributed by atoms with Crippen molar-refractivity contribution in [1.29, 1.82) is 0 Å². The summed E-state index contributed by atoms with van der Waals surface area (Å²) in [6.07, 6.45) is 0. The molecule has 0 fully saturated rings. The number of hydrogen-bond donors (Lipinski definition) is 1. The first-order valence-electron chi connectivity index (χ1n) is 8.91. The number of rotatable bonds is 6. The van der Waals surface area contributed by atoms with E-state index in [4.69, 9.17) is 4.42 Å². The number of nitrogens with zero attached hydrogens (tertiary/aromatic N) is 4. The maximum Gasteiger partial charge on any atom is 0.286 e. The number of hydrogen-bond acceptors (Lipinski definition) is 8. The zero-order chi connectivity index (χ0) is 21.1. The van der Waals surface area contributed by atoms with Crippen LogP contribution in [0.15, 0.2) is 52.1 Å². The Morgan fingerprint density at radius 3 is 2.63 bits per heavy atom. The van der Waals surface area contributed by atoms with Crippen LogP contribution in [0.2, 0.25) is 0 Å². The normalized spacial score (nSPS) is 10.9. The van der Waals surface area contributed by atoms with Gasteiger partial charge in [0.15, 0.2) is 0 Å². The molecule has 2 aromatic carbocycles. The van der Waals surface area contributed by atoms with Crippen LogP contribution in [0.25, 0.3) is 11.5 Å². The third-order valence-electron chi connectivity index (χ3n) is 4.24. The van der Waals surface area contributed by atoms with E-state index < -0.39 is 5.91 Å². The van der Waals surface area contributed by atoms with Gasteiger partial charge in [0.2, 0.25) is 10.9 Å². The van der Waals surface area contributed by atoms with Crippen LogP contribution in [0, 0.1) is 19.7 Å². The fourth-order valence-electron chi connectivity index (χ4n) is 2.50. The quantitative estimate of drug-likeness (QED) is 0.426. The summed E-state index contributed by atoms with van der Waals surface area (Å²) in [6, 6.07) is 11.5. The topological polar surface area (TPSA) is 93.8 Å². The van der Waals surface area contributed by atoms with E-state index in [-0.39, 0.29) is 10.8 Å². The highest BCUT2D eigenvalue weighted by atomic mass is 32.2. The summed E-state index contributed by atoms with van der Waals surface area (Å²) in [5.41, 5.74) is 3.70. The smallest absolute Gasteiger partial charge is 0.286 e. The summed E-state index contributed by atoms with van der Waals surface area (Å²) in [5, 5.41) is 20.0. The third-order valence-corrected chi connectivity index (χ3v) is 6.18. The number of nitrogens with one attached hydrogen (secondary N) is 1. The molecule has 0 aliphatic heterocycles. The minimum Gasteiger partial charge on any atom is -0.411 e. The molecule has 0 bridgehead atoms. The lowest BCUT2D eigenvalue weighted by atomic mass is 10.1. The van der Waals surface area contributed by atoms with Crippen LogP contribution in [0.3, 0.4) is 0 Å². The number of carbonyl (C=O) groups excluding carboxylic acids is 1. The van der Waals surface area contributed by atoms with Gasteiger partial charge in [-0.05, 0) is 61.4 Å². The molecule has 0 aliphatic carbocycles. The highest BCUT2D eigenvalue weighted by Gasteiger charge is 2.15. The van der Waals surface area contributed by atoms with Crippen molar-refractivity contribution in [3.8, 4) is 11.5 Å². The van der Waals surface area contributed by atoms with Crippen molar-refractivity contribution in [3.05, 3.63) is 69.4 Å². The molecular formula is C20H16FN5O2S2. The van der Waals surface area contributed by atoms with E-state index in [1.165, 1.54) is 52.9 Å². The fourth-order valence-corrected chi connectivity index (χ4v) is 3.99. The minimum absolute atomic E-state index is 0.219. The molecule has 1 N–H and O–H groups in total. The highest BCUT2D eigenvalue weighted by Crippen LogP contribution is 2.27. The number of anilines is 1. The second-order valence-corrected chi connectivity index (χ2v) is 8.41. The van der Waals surface area contributed by atoms with Gasteiger partial charge < -0.3 is 9.73 Å². The van der Waals surface area contributed by atoms with Crippen molar-refractivity contribution in [1.82, 2.24) is 20.4 Å². The number of benzene rings is 2. The SMILES string of the molecule is Cc1ccc(-c2nnc(SCc3nnc(C(=O)Nc4ccc(F)cc4)s3)o2)cc1C. The van der Waals surface area contributed by atoms with Crippen molar-refractivity contribution < 1.29 is 13.6 Å². The molecule has 30 heavy (non-hydrogen) atoms. The van der Waals surface area contributed by atoms with Gasteiger partial charge in [-0.2, -0.15) is 0 Å². The summed E-state index contributed by atoms with van der Waals surface area (Å²) in [5.74, 6) is 0.128. The number of thioether (sulfide) groups is 1. The van der Waals surface area contributed by atoms with E-state index in [1.807, 2.05) is 32.0 Å².